The summed E-state index contributed by atoms with van der Waals surface area (Å²) < 4.78 is 5.61. The Bertz CT molecular complexity index is 776. The van der Waals surface area contributed by atoms with Gasteiger partial charge in [0.15, 0.2) is 15.5 Å². The molecule has 0 aliphatic rings. The number of hydrogen-bond acceptors (Lipinski definition) is 4. The molecule has 0 bridgehead atoms. The van der Waals surface area contributed by atoms with Crippen LogP contribution in [0.2, 0.25) is 0 Å². The number of thiocarbonyl (C=S) groups is 1. The average Bonchev–Trinajstić information content (AvgIpc) is 3.01. The Labute approximate surface area is 159 Å². The molecule has 0 saturated heterocycles. The Kier molecular flexibility index (Phi) is 7.15. The van der Waals surface area contributed by atoms with E-state index < -0.39 is 5.91 Å². The van der Waals surface area contributed by atoms with Crippen molar-refractivity contribution in [2.45, 2.75) is 19.8 Å². The Morgan fingerprint density at radius 2 is 2.00 bits per heavy atom. The molecule has 2 amide bonds. The number of carbonyl (C=O) groups excluding carboxylic acids is 2. The van der Waals surface area contributed by atoms with Gasteiger partial charge in [-0.2, -0.15) is 0 Å². The third kappa shape index (κ3) is 5.99. The minimum Gasteiger partial charge on any atom is -0.444 e. The summed E-state index contributed by atoms with van der Waals surface area (Å²) in [6.07, 6.45) is 1.95. The zero-order valence-corrected chi connectivity index (χ0v) is 16.0. The molecule has 1 heterocycles. The Balaban J connectivity index is 1.93. The second-order valence-corrected chi connectivity index (χ2v) is 6.39. The second-order valence-electron chi connectivity index (χ2n) is 5.20. The molecule has 0 aliphatic heterocycles. The smallest absolute Gasteiger partial charge is 0.293 e. The van der Waals surface area contributed by atoms with Crippen LogP contribution >= 0.6 is 28.1 Å². The molecule has 0 atom stereocenters. The third-order valence-corrected chi connectivity index (χ3v) is 3.85. The average molecular weight is 424 g/mol. The van der Waals surface area contributed by atoms with E-state index in [-0.39, 0.29) is 16.8 Å². The number of halogens is 1. The Morgan fingerprint density at radius 3 is 2.68 bits per heavy atom. The molecule has 0 fully saturated rings. The van der Waals surface area contributed by atoms with Gasteiger partial charge in [0.05, 0.1) is 0 Å². The SMILES string of the molecule is CCCCNC(=O)c1cccc(NC(=S)NC(=O)c2ccc(Br)o2)c1. The number of unbranched alkanes of at least 4 members (excludes halogenated alkanes) is 1. The first-order valence-corrected chi connectivity index (χ1v) is 8.95. The highest BCUT2D eigenvalue weighted by atomic mass is 79.9. The quantitative estimate of drug-likeness (QED) is 0.487. The summed E-state index contributed by atoms with van der Waals surface area (Å²) in [6.45, 7) is 2.70. The van der Waals surface area contributed by atoms with E-state index in [1.807, 2.05) is 0 Å². The van der Waals surface area contributed by atoms with Crippen molar-refractivity contribution >= 4 is 50.8 Å². The van der Waals surface area contributed by atoms with E-state index in [2.05, 4.69) is 38.8 Å². The molecule has 1 aromatic heterocycles. The molecule has 3 N–H and O–H groups in total. The summed E-state index contributed by atoms with van der Waals surface area (Å²) in [5.41, 5.74) is 1.12. The fourth-order valence-corrected chi connectivity index (χ4v) is 2.50. The van der Waals surface area contributed by atoms with E-state index in [4.69, 9.17) is 16.6 Å². The van der Waals surface area contributed by atoms with Crippen LogP contribution in [0.3, 0.4) is 0 Å². The van der Waals surface area contributed by atoms with Crippen LogP contribution in [0, 0.1) is 0 Å². The summed E-state index contributed by atoms with van der Waals surface area (Å²) in [5.74, 6) is -0.468. The van der Waals surface area contributed by atoms with Crippen LogP contribution < -0.4 is 16.0 Å². The minimum absolute atomic E-state index is 0.112. The molecule has 6 nitrogen and oxygen atoms in total. The summed E-state index contributed by atoms with van der Waals surface area (Å²) in [7, 11) is 0. The van der Waals surface area contributed by atoms with Crippen LogP contribution in [0.1, 0.15) is 40.7 Å². The highest BCUT2D eigenvalue weighted by molar-refractivity contribution is 9.10. The van der Waals surface area contributed by atoms with Gasteiger partial charge in [-0.25, -0.2) is 0 Å². The van der Waals surface area contributed by atoms with Gasteiger partial charge in [-0.05, 0) is 64.9 Å². The predicted molar refractivity (Wildman–Crippen MR) is 104 cm³/mol. The van der Waals surface area contributed by atoms with Crippen LogP contribution in [-0.4, -0.2) is 23.5 Å². The molecule has 0 aliphatic carbocycles. The first kappa shape index (κ1) is 19.1. The lowest BCUT2D eigenvalue weighted by atomic mass is 10.2. The first-order chi connectivity index (χ1) is 12.0. The number of furan rings is 1. The van der Waals surface area contributed by atoms with E-state index in [9.17, 15) is 9.59 Å². The van der Waals surface area contributed by atoms with Gasteiger partial charge >= 0.3 is 0 Å². The van der Waals surface area contributed by atoms with Gasteiger partial charge in [-0.1, -0.05) is 19.4 Å². The Hall–Kier alpha value is -2.19. The zero-order chi connectivity index (χ0) is 18.2. The molecule has 8 heteroatoms. The topological polar surface area (TPSA) is 83.4 Å². The van der Waals surface area contributed by atoms with Crippen LogP contribution in [0.5, 0.6) is 0 Å². The normalized spacial score (nSPS) is 10.2. The predicted octanol–water partition coefficient (Wildman–Crippen LogP) is 3.70. The lowest BCUT2D eigenvalue weighted by Crippen LogP contribution is -2.34. The van der Waals surface area contributed by atoms with E-state index in [1.54, 1.807) is 30.3 Å². The number of rotatable bonds is 6. The summed E-state index contributed by atoms with van der Waals surface area (Å²) >= 11 is 8.25. The maximum Gasteiger partial charge on any atom is 0.293 e. The molecule has 0 saturated carbocycles. The monoisotopic (exact) mass is 423 g/mol. The summed E-state index contributed by atoms with van der Waals surface area (Å²) in [5, 5.41) is 8.36. The van der Waals surface area contributed by atoms with E-state index in [0.29, 0.717) is 22.5 Å². The standard InChI is InChI=1S/C17H18BrN3O3S/c1-2-3-9-19-15(22)11-5-4-6-12(10-11)20-17(25)21-16(23)13-7-8-14(18)24-13/h4-8,10H,2-3,9H2,1H3,(H,19,22)(H2,20,21,23,25). The van der Waals surface area contributed by atoms with Gasteiger partial charge < -0.3 is 15.1 Å². The molecule has 0 unspecified atom stereocenters. The van der Waals surface area contributed by atoms with Gasteiger partial charge in [-0.3, -0.25) is 14.9 Å². The highest BCUT2D eigenvalue weighted by Gasteiger charge is 2.12. The van der Waals surface area contributed by atoms with E-state index in [1.165, 1.54) is 6.07 Å². The number of nitrogens with one attached hydrogen (secondary N) is 3. The molecule has 1 aromatic carbocycles. The van der Waals surface area contributed by atoms with Gasteiger partial charge in [0.1, 0.15) is 0 Å². The third-order valence-electron chi connectivity index (χ3n) is 3.22. The number of amides is 2. The van der Waals surface area contributed by atoms with Crippen molar-refractivity contribution in [1.82, 2.24) is 10.6 Å². The summed E-state index contributed by atoms with van der Waals surface area (Å²) in [4.78, 5) is 24.0. The lowest BCUT2D eigenvalue weighted by molar-refractivity contribution is 0.0943. The maximum absolute atomic E-state index is 12.1. The minimum atomic E-state index is -0.461. The van der Waals surface area contributed by atoms with Gasteiger partial charge in [0.2, 0.25) is 0 Å². The molecule has 2 rings (SSSR count). The molecule has 132 valence electrons. The number of anilines is 1. The van der Waals surface area contributed by atoms with Crippen molar-refractivity contribution < 1.29 is 14.0 Å². The molecular weight excluding hydrogens is 406 g/mol. The molecule has 2 aromatic rings. The number of carbonyl (C=O) groups is 2. The van der Waals surface area contributed by atoms with Crippen molar-refractivity contribution in [3.63, 3.8) is 0 Å². The number of hydrogen-bond donors (Lipinski definition) is 3. The van der Waals surface area contributed by atoms with E-state index >= 15 is 0 Å². The van der Waals surface area contributed by atoms with Gasteiger partial charge in [0, 0.05) is 17.8 Å². The molecule has 0 spiro atoms. The maximum atomic E-state index is 12.1. The summed E-state index contributed by atoms with van der Waals surface area (Å²) in [6, 6.07) is 10.0. The lowest BCUT2D eigenvalue weighted by Gasteiger charge is -2.10. The van der Waals surface area contributed by atoms with Crippen molar-refractivity contribution in [3.8, 4) is 0 Å². The van der Waals surface area contributed by atoms with Crippen LogP contribution in [0.15, 0.2) is 45.5 Å². The molecule has 0 radical (unpaired) electrons. The van der Waals surface area contributed by atoms with Crippen molar-refractivity contribution in [2.24, 2.45) is 0 Å². The van der Waals surface area contributed by atoms with Crippen molar-refractivity contribution in [3.05, 3.63) is 52.4 Å². The van der Waals surface area contributed by atoms with Gasteiger partial charge in [-0.15, -0.1) is 0 Å². The van der Waals surface area contributed by atoms with E-state index in [0.717, 1.165) is 12.8 Å². The molecule has 25 heavy (non-hydrogen) atoms. The van der Waals surface area contributed by atoms with Crippen LogP contribution in [0.25, 0.3) is 0 Å². The second kappa shape index (κ2) is 9.33. The zero-order valence-electron chi connectivity index (χ0n) is 13.6. The Morgan fingerprint density at radius 1 is 1.20 bits per heavy atom. The van der Waals surface area contributed by atoms with Crippen LogP contribution in [-0.2, 0) is 0 Å². The fraction of sp³-hybridized carbons (Fsp3) is 0.235. The van der Waals surface area contributed by atoms with Crippen molar-refractivity contribution in [2.75, 3.05) is 11.9 Å². The first-order valence-electron chi connectivity index (χ1n) is 7.75. The molecular formula is C17H18BrN3O3S. The highest BCUT2D eigenvalue weighted by Crippen LogP contribution is 2.14. The van der Waals surface area contributed by atoms with Gasteiger partial charge in [0.25, 0.3) is 11.8 Å². The van der Waals surface area contributed by atoms with Crippen LogP contribution in [0.4, 0.5) is 5.69 Å². The number of benzene rings is 1. The van der Waals surface area contributed by atoms with Crippen molar-refractivity contribution in [1.29, 1.82) is 0 Å². The largest absolute Gasteiger partial charge is 0.444 e. The fourth-order valence-electron chi connectivity index (χ4n) is 1.98.